The molecule has 1 aromatic heterocycles. The van der Waals surface area contributed by atoms with E-state index in [0.29, 0.717) is 11.4 Å². The van der Waals surface area contributed by atoms with Crippen LogP contribution in [-0.4, -0.2) is 33.6 Å². The molecule has 1 N–H and O–H groups in total. The molecule has 1 aliphatic rings. The topological polar surface area (TPSA) is 86.1 Å². The molecule has 1 aliphatic heterocycles. The first-order valence-electron chi connectivity index (χ1n) is 8.72. The van der Waals surface area contributed by atoms with E-state index in [4.69, 9.17) is 4.74 Å². The Balaban J connectivity index is 1.93. The molecule has 29 heavy (non-hydrogen) atoms. The van der Waals surface area contributed by atoms with E-state index in [1.165, 1.54) is 35.3 Å². The van der Waals surface area contributed by atoms with Gasteiger partial charge in [0, 0.05) is 12.7 Å². The van der Waals surface area contributed by atoms with Gasteiger partial charge in [-0.05, 0) is 29.8 Å². The van der Waals surface area contributed by atoms with Crippen LogP contribution in [-0.2, 0) is 11.8 Å². The minimum Gasteiger partial charge on any atom is -0.465 e. The summed E-state index contributed by atoms with van der Waals surface area (Å²) >= 11 is 0. The third-order valence-corrected chi connectivity index (χ3v) is 4.94. The van der Waals surface area contributed by atoms with Crippen LogP contribution < -0.4 is 5.32 Å². The minimum absolute atomic E-state index is 0.0182. The van der Waals surface area contributed by atoms with E-state index in [0.717, 1.165) is 19.2 Å². The highest BCUT2D eigenvalue weighted by molar-refractivity contribution is 6.14. The maximum Gasteiger partial charge on any atom is 0.338 e. The smallest absolute Gasteiger partial charge is 0.338 e. The van der Waals surface area contributed by atoms with Gasteiger partial charge in [0.1, 0.15) is 29.7 Å². The van der Waals surface area contributed by atoms with Crippen molar-refractivity contribution in [1.29, 1.82) is 0 Å². The number of ether oxygens (including phenoxy) is 1. The Bertz CT molecular complexity index is 1110. The van der Waals surface area contributed by atoms with E-state index < -0.39 is 35.3 Å². The molecule has 1 unspecified atom stereocenters. The van der Waals surface area contributed by atoms with Crippen molar-refractivity contribution in [3.05, 3.63) is 76.9 Å². The van der Waals surface area contributed by atoms with Crippen molar-refractivity contribution in [3.8, 4) is 0 Å². The van der Waals surface area contributed by atoms with Crippen LogP contribution in [0.25, 0.3) is 0 Å². The van der Waals surface area contributed by atoms with Crippen molar-refractivity contribution in [2.75, 3.05) is 12.4 Å². The molecule has 0 fully saturated rings. The molecule has 148 valence electrons. The third kappa shape index (κ3) is 3.14. The summed E-state index contributed by atoms with van der Waals surface area (Å²) in [7, 11) is 2.79. The van der Waals surface area contributed by atoms with Gasteiger partial charge in [-0.1, -0.05) is 12.1 Å². The average molecular weight is 398 g/mol. The number of aryl methyl sites for hydroxylation is 1. The van der Waals surface area contributed by atoms with Gasteiger partial charge in [0.25, 0.3) is 0 Å². The molecule has 0 bridgehead atoms. The van der Waals surface area contributed by atoms with Crippen LogP contribution in [0.1, 0.15) is 44.1 Å². The second kappa shape index (κ2) is 7.08. The van der Waals surface area contributed by atoms with Crippen LogP contribution in [0.4, 0.5) is 14.5 Å². The lowest BCUT2D eigenvalue weighted by Crippen LogP contribution is -2.35. The molecule has 0 spiro atoms. The predicted molar refractivity (Wildman–Crippen MR) is 98.6 cm³/mol. The molecule has 0 saturated heterocycles. The zero-order valence-electron chi connectivity index (χ0n) is 15.5. The van der Waals surface area contributed by atoms with Crippen LogP contribution in [0.15, 0.2) is 42.7 Å². The first kappa shape index (κ1) is 18.7. The predicted octanol–water partition coefficient (Wildman–Crippen LogP) is 3.01. The normalized spacial score (nSPS) is 18.1. The number of nitrogens with zero attached hydrogens (tertiary/aromatic N) is 3. The van der Waals surface area contributed by atoms with Gasteiger partial charge in [-0.3, -0.25) is 9.48 Å². The zero-order chi connectivity index (χ0) is 20.7. The van der Waals surface area contributed by atoms with Gasteiger partial charge < -0.3 is 10.1 Å². The van der Waals surface area contributed by atoms with E-state index in [9.17, 15) is 18.4 Å². The molecule has 3 aromatic rings. The molecule has 0 aliphatic carbocycles. The SMILES string of the molecule is COC(=O)c1cc(F)cc2c1C(=O)C(c1ncnn1C)[C@@H](c1ccc(F)cc1)N2. The number of carbonyl (C=O) groups is 2. The van der Waals surface area contributed by atoms with E-state index >= 15 is 0 Å². The molecule has 4 rings (SSSR count). The van der Waals surface area contributed by atoms with E-state index in [-0.39, 0.29) is 16.8 Å². The van der Waals surface area contributed by atoms with Crippen molar-refractivity contribution in [2.24, 2.45) is 7.05 Å². The molecule has 0 amide bonds. The number of halogens is 2. The number of ketones is 1. The third-order valence-electron chi connectivity index (χ3n) is 4.94. The van der Waals surface area contributed by atoms with Crippen LogP contribution in [0.5, 0.6) is 0 Å². The summed E-state index contributed by atoms with van der Waals surface area (Å²) in [4.78, 5) is 29.9. The Morgan fingerprint density at radius 2 is 1.90 bits per heavy atom. The minimum atomic E-state index is -0.880. The van der Waals surface area contributed by atoms with E-state index in [2.05, 4.69) is 15.4 Å². The van der Waals surface area contributed by atoms with Gasteiger partial charge in [-0.2, -0.15) is 5.10 Å². The van der Waals surface area contributed by atoms with Crippen molar-refractivity contribution in [1.82, 2.24) is 14.8 Å². The summed E-state index contributed by atoms with van der Waals surface area (Å²) in [6.45, 7) is 0. The second-order valence-electron chi connectivity index (χ2n) is 6.62. The summed E-state index contributed by atoms with van der Waals surface area (Å²) in [5.41, 5.74) is 0.597. The van der Waals surface area contributed by atoms with Crippen molar-refractivity contribution in [2.45, 2.75) is 12.0 Å². The first-order valence-corrected chi connectivity index (χ1v) is 8.72. The molecule has 2 aromatic carbocycles. The number of aromatic nitrogens is 3. The highest BCUT2D eigenvalue weighted by atomic mass is 19.1. The summed E-state index contributed by atoms with van der Waals surface area (Å²) < 4.78 is 33.8. The van der Waals surface area contributed by atoms with Crippen molar-refractivity contribution < 1.29 is 23.1 Å². The molecular weight excluding hydrogens is 382 g/mol. The van der Waals surface area contributed by atoms with Crippen LogP contribution >= 0.6 is 0 Å². The number of Topliss-reactive ketones (excluding diaryl/α,β-unsaturated/α-hetero) is 1. The summed E-state index contributed by atoms with van der Waals surface area (Å²) in [6.07, 6.45) is 1.31. The van der Waals surface area contributed by atoms with E-state index in [1.807, 2.05) is 0 Å². The fraction of sp³-hybridized carbons (Fsp3) is 0.200. The van der Waals surface area contributed by atoms with Gasteiger partial charge in [-0.15, -0.1) is 0 Å². The number of benzene rings is 2. The zero-order valence-corrected chi connectivity index (χ0v) is 15.5. The lowest BCUT2D eigenvalue weighted by atomic mass is 9.80. The standard InChI is InChI=1S/C20H16F2N4O3/c1-26-19(23-9-24-26)16-17(10-3-5-11(21)6-4-10)25-14-8-12(22)7-13(20(28)29-2)15(14)18(16)27/h3-9,16-17,25H,1-2H3/t16?,17-/m1/s1. The molecular formula is C20H16F2N4O3. The second-order valence-corrected chi connectivity index (χ2v) is 6.62. The highest BCUT2D eigenvalue weighted by Crippen LogP contribution is 2.43. The number of methoxy groups -OCH3 is 1. The van der Waals surface area contributed by atoms with Crippen LogP contribution in [0.3, 0.4) is 0 Å². The molecule has 0 saturated carbocycles. The number of hydrogen-bond donors (Lipinski definition) is 1. The number of nitrogens with one attached hydrogen (secondary N) is 1. The number of esters is 1. The Morgan fingerprint density at radius 3 is 2.52 bits per heavy atom. The van der Waals surface area contributed by atoms with Gasteiger partial charge in [0.2, 0.25) is 0 Å². The lowest BCUT2D eigenvalue weighted by Gasteiger charge is -2.34. The number of carbonyl (C=O) groups excluding carboxylic acids is 2. The van der Waals surface area contributed by atoms with Crippen molar-refractivity contribution >= 4 is 17.4 Å². The molecule has 9 heteroatoms. The van der Waals surface area contributed by atoms with Gasteiger partial charge in [-0.25, -0.2) is 18.6 Å². The summed E-state index contributed by atoms with van der Waals surface area (Å²) in [6, 6.07) is 7.06. The Hall–Kier alpha value is -3.62. The first-order chi connectivity index (χ1) is 13.9. The fourth-order valence-corrected chi connectivity index (χ4v) is 3.61. The quantitative estimate of drug-likeness (QED) is 0.683. The largest absolute Gasteiger partial charge is 0.465 e. The van der Waals surface area contributed by atoms with Crippen LogP contribution in [0.2, 0.25) is 0 Å². The molecule has 0 radical (unpaired) electrons. The van der Waals surface area contributed by atoms with Crippen LogP contribution in [0, 0.1) is 11.6 Å². The summed E-state index contributed by atoms with van der Waals surface area (Å²) in [5, 5.41) is 7.14. The monoisotopic (exact) mass is 398 g/mol. The Kier molecular flexibility index (Phi) is 4.57. The average Bonchev–Trinajstić information content (AvgIpc) is 3.12. The number of anilines is 1. The molecule has 2 heterocycles. The van der Waals surface area contributed by atoms with Gasteiger partial charge in [0.05, 0.1) is 24.3 Å². The number of fused-ring (bicyclic) bond motifs is 1. The maximum absolute atomic E-state index is 14.2. The lowest BCUT2D eigenvalue weighted by molar-refractivity contribution is 0.0595. The summed E-state index contributed by atoms with van der Waals surface area (Å²) in [5.74, 6) is -2.92. The maximum atomic E-state index is 14.2. The Labute approximate surface area is 164 Å². The van der Waals surface area contributed by atoms with Gasteiger partial charge in [0.15, 0.2) is 5.78 Å². The highest BCUT2D eigenvalue weighted by Gasteiger charge is 2.42. The molecule has 2 atom stereocenters. The van der Waals surface area contributed by atoms with Gasteiger partial charge >= 0.3 is 5.97 Å². The fourth-order valence-electron chi connectivity index (χ4n) is 3.61. The Morgan fingerprint density at radius 1 is 1.17 bits per heavy atom. The van der Waals surface area contributed by atoms with E-state index in [1.54, 1.807) is 7.05 Å². The number of rotatable bonds is 3. The number of hydrogen-bond acceptors (Lipinski definition) is 6. The van der Waals surface area contributed by atoms with Crippen molar-refractivity contribution in [3.63, 3.8) is 0 Å². The molecule has 7 nitrogen and oxygen atoms in total.